The minimum atomic E-state index is 0.500. The zero-order valence-electron chi connectivity index (χ0n) is 69.2. The summed E-state index contributed by atoms with van der Waals surface area (Å²) in [6, 6.07) is 0. The molecule has 0 saturated carbocycles. The van der Waals surface area contributed by atoms with Crippen molar-refractivity contribution >= 4 is 0 Å². The number of rotatable bonds is 0. The molecule has 0 amide bonds. The van der Waals surface area contributed by atoms with Gasteiger partial charge in [-0.15, -0.1) is 0 Å². The molecule has 0 aliphatic rings. The highest BCUT2D eigenvalue weighted by Crippen LogP contribution is 2.08. The minimum Gasteiger partial charge on any atom is -0.0925 e. The Balaban J connectivity index is -0.00000111. The van der Waals surface area contributed by atoms with Gasteiger partial charge in [-0.05, 0) is 223 Å². The summed E-state index contributed by atoms with van der Waals surface area (Å²) >= 11 is 0. The third-order valence-electron chi connectivity index (χ3n) is 7.38. The van der Waals surface area contributed by atoms with Gasteiger partial charge in [-0.1, -0.05) is 71.6 Å². The number of hydrogen-bond acceptors (Lipinski definition) is 0. The van der Waals surface area contributed by atoms with Gasteiger partial charge < -0.3 is 0 Å². The second-order valence-electron chi connectivity index (χ2n) is 18.7. The van der Waals surface area contributed by atoms with Crippen molar-refractivity contribution in [3.05, 3.63) is 0 Å². The molecule has 0 heterocycles. The van der Waals surface area contributed by atoms with E-state index in [1.165, 1.54) is 6.42 Å². The Kier molecular flexibility index (Phi) is 91.7. The molecule has 0 nitrogen and oxygen atoms in total. The Hall–Kier alpha value is -25.5. The van der Waals surface area contributed by atoms with E-state index in [-0.39, 0.29) is 0 Å². The van der Waals surface area contributed by atoms with Crippen LogP contribution in [0, 0.1) is 692 Å². The molecule has 0 aromatic rings. The van der Waals surface area contributed by atoms with Crippen LogP contribution in [0.15, 0.2) is 0 Å². The van der Waals surface area contributed by atoms with Crippen LogP contribution in [0.1, 0.15) is 75.7 Å². The Morgan fingerprint density at radius 3 is 0.133 bits per heavy atom. The third kappa shape index (κ3) is 127. The van der Waals surface area contributed by atoms with E-state index in [2.05, 4.69) is 728 Å². The summed E-state index contributed by atoms with van der Waals surface area (Å²) < 4.78 is 0. The van der Waals surface area contributed by atoms with Crippen LogP contribution in [0.25, 0.3) is 0 Å². The topological polar surface area (TPSA) is 0 Å². The van der Waals surface area contributed by atoms with Gasteiger partial charge in [0.2, 0.25) is 0 Å². The Morgan fingerprint density at radius 2 is 0.109 bits per heavy atom. The van der Waals surface area contributed by atoms with Crippen LogP contribution in [0.5, 0.6) is 0 Å². The van der Waals surface area contributed by atoms with E-state index in [1.54, 1.807) is 27.7 Å². The summed E-state index contributed by atoms with van der Waals surface area (Å²) in [5.41, 5.74) is 0.500. The van der Waals surface area contributed by atoms with Crippen molar-refractivity contribution in [2.45, 2.75) is 75.7 Å². The fraction of sp³-hybridized carbons (Fsp3) is 0.0938. The highest BCUT2D eigenvalue weighted by atomic mass is 14.0. The Labute approximate surface area is 762 Å². The summed E-state index contributed by atoms with van der Waals surface area (Å²) in [6.45, 7) is 19.7. The lowest BCUT2D eigenvalue weighted by Crippen LogP contribution is -1.93. The van der Waals surface area contributed by atoms with E-state index in [4.69, 9.17) is 0 Å². The molecule has 0 aliphatic heterocycles. The van der Waals surface area contributed by atoms with Crippen LogP contribution >= 0.6 is 0 Å². The highest BCUT2D eigenvalue weighted by Gasteiger charge is 1.95. The first-order valence-corrected chi connectivity index (χ1v) is 33.9. The molecule has 0 rings (SSSR count). The monoisotopic (exact) mass is 1570 g/mol. The summed E-state index contributed by atoms with van der Waals surface area (Å²) in [5.74, 6) is 291. The largest absolute Gasteiger partial charge is 0.0925 e. The average molecular weight is 1570 g/mol. The van der Waals surface area contributed by atoms with E-state index in [0.29, 0.717) is 5.41 Å². The van der Waals surface area contributed by atoms with Gasteiger partial charge in [-0.2, -0.15) is 0 Å². The SMILES string of the molecule is CC#CC#CC#CC#CC#CC#CC#CC#CC#CC#CC#CC#CC#CC#CC#CC#CC#CC#CC#CC#CC#CC#CC#CC#CC#CC#CC#CC#CC#CC.CC#CC#CC#CC#CC#CC#CC#CC#CC#CC#CC#CC#CC#CC#CC#CC#CC#CC#CC#CC#CC#CC#CC#CC#CC#CC#CC#CC#CC#CC.CC(C)(C)C.CCC. The molecule has 0 heteroatoms. The maximum atomic E-state index is 2.63. The van der Waals surface area contributed by atoms with Gasteiger partial charge in [-0.25, -0.2) is 0 Å². The molecule has 0 fully saturated rings. The molecule has 0 atom stereocenters. The van der Waals surface area contributed by atoms with Crippen molar-refractivity contribution < 1.29 is 0 Å². The summed E-state index contributed by atoms with van der Waals surface area (Å²) in [6.07, 6.45) is 1.25. The van der Waals surface area contributed by atoms with Crippen molar-refractivity contribution in [2.24, 2.45) is 5.41 Å². The second kappa shape index (κ2) is 108. The molecule has 0 spiro atoms. The molecule has 0 saturated heterocycles. The lowest BCUT2D eigenvalue weighted by molar-refractivity contribution is 0.469. The molecular formula is C128H32. The predicted molar refractivity (Wildman–Crippen MR) is 515 cm³/mol. The van der Waals surface area contributed by atoms with Crippen molar-refractivity contribution in [1.82, 2.24) is 0 Å². The van der Waals surface area contributed by atoms with Crippen LogP contribution in [0.2, 0.25) is 0 Å². The first-order valence-electron chi connectivity index (χ1n) is 33.9. The van der Waals surface area contributed by atoms with Gasteiger partial charge in [0.1, 0.15) is 0 Å². The molecule has 0 aromatic carbocycles. The molecule has 0 bridgehead atoms. The predicted octanol–water partition coefficient (Wildman–Crippen LogP) is 5.72. The van der Waals surface area contributed by atoms with E-state index >= 15 is 0 Å². The van der Waals surface area contributed by atoms with Gasteiger partial charge in [0.25, 0.3) is 0 Å². The minimum absolute atomic E-state index is 0.500. The Morgan fingerprint density at radius 1 is 0.0859 bits per heavy atom. The number of hydrogen-bond donors (Lipinski definition) is 0. The highest BCUT2D eigenvalue weighted by molar-refractivity contribution is 5.57. The third-order valence-corrected chi connectivity index (χ3v) is 7.38. The second-order valence-corrected chi connectivity index (χ2v) is 18.7. The maximum absolute atomic E-state index is 2.63. The summed E-state index contributed by atoms with van der Waals surface area (Å²) in [5, 5.41) is 0. The quantitative estimate of drug-likeness (QED) is 0.273. The molecule has 544 valence electrons. The Bertz CT molecular complexity index is 7690. The van der Waals surface area contributed by atoms with E-state index in [9.17, 15) is 0 Å². The van der Waals surface area contributed by atoms with Crippen LogP contribution < -0.4 is 0 Å². The van der Waals surface area contributed by atoms with Gasteiger partial charge in [0.15, 0.2) is 0 Å². The molecule has 0 N–H and O–H groups in total. The molecular weight excluding hydrogens is 1540 g/mol. The van der Waals surface area contributed by atoms with Crippen LogP contribution in [0.3, 0.4) is 0 Å². The van der Waals surface area contributed by atoms with Crippen LogP contribution in [0.4, 0.5) is 0 Å². The van der Waals surface area contributed by atoms with Gasteiger partial charge in [0.05, 0.1) is 0 Å². The summed E-state index contributed by atoms with van der Waals surface area (Å²) in [4.78, 5) is 0. The zero-order chi connectivity index (χ0) is 93.2. The molecule has 0 unspecified atom stereocenters. The zero-order valence-corrected chi connectivity index (χ0v) is 69.2. The van der Waals surface area contributed by atoms with Crippen molar-refractivity contribution in [1.29, 1.82) is 0 Å². The maximum Gasteiger partial charge on any atom is 0 e. The van der Waals surface area contributed by atoms with Crippen molar-refractivity contribution in [3.63, 3.8) is 0 Å². The standard InChI is InChI=1S/2C60H6.C5H12.C3H8/c2*1-3-5-7-9-11-13-15-17-19-21-23-25-27-29-31-33-35-37-39-41-43-45-47-49-51-53-55-57-59-60-58-56-54-52-50-48-46-44-42-40-38-36-34-32-30-28-26-24-22-20-18-16-14-12-10-8-6-4-2;1-5(2,3)4;1-3-2/h2*1-2H3;1-4H3;3H2,1-2H3. The molecule has 0 aliphatic carbocycles. The van der Waals surface area contributed by atoms with E-state index in [0.717, 1.165) is 0 Å². The normalized spacial score (nSPS) is 4.33. The summed E-state index contributed by atoms with van der Waals surface area (Å²) in [7, 11) is 0. The molecule has 0 aromatic heterocycles. The van der Waals surface area contributed by atoms with Crippen LogP contribution in [-0.2, 0) is 0 Å². The fourth-order valence-corrected chi connectivity index (χ4v) is 3.62. The van der Waals surface area contributed by atoms with Gasteiger partial charge >= 0.3 is 0 Å². The van der Waals surface area contributed by atoms with Gasteiger partial charge in [0, 0.05) is 474 Å². The lowest BCUT2D eigenvalue weighted by atomic mass is 10.0. The lowest BCUT2D eigenvalue weighted by Gasteiger charge is -2.05. The first-order chi connectivity index (χ1) is 63.2. The van der Waals surface area contributed by atoms with Crippen LogP contribution in [-0.4, -0.2) is 0 Å². The first kappa shape index (κ1) is 109. The molecule has 0 radical (unpaired) electrons. The van der Waals surface area contributed by atoms with Crippen molar-refractivity contribution in [3.8, 4) is 687 Å². The fourth-order valence-electron chi connectivity index (χ4n) is 3.62. The smallest absolute Gasteiger partial charge is 0 e. The van der Waals surface area contributed by atoms with Crippen molar-refractivity contribution in [2.75, 3.05) is 0 Å². The average Bonchev–Trinajstić information content (AvgIpc) is 1.13. The van der Waals surface area contributed by atoms with Gasteiger partial charge in [-0.3, -0.25) is 0 Å². The van der Waals surface area contributed by atoms with E-state index in [1.807, 2.05) is 0 Å². The van der Waals surface area contributed by atoms with E-state index < -0.39 is 0 Å². The molecule has 128 heavy (non-hydrogen) atoms.